The molecule has 0 aromatic heterocycles. The molecule has 142 valence electrons. The minimum Gasteiger partial charge on any atom is -0.495 e. The molecule has 0 spiro atoms. The summed E-state index contributed by atoms with van der Waals surface area (Å²) >= 11 is 5.92. The van der Waals surface area contributed by atoms with Gasteiger partial charge in [-0.25, -0.2) is 0 Å². The Morgan fingerprint density at radius 2 is 1.81 bits per heavy atom. The first kappa shape index (κ1) is 20.3. The van der Waals surface area contributed by atoms with Gasteiger partial charge in [0.1, 0.15) is 5.75 Å². The number of methoxy groups -OCH3 is 1. The molecule has 2 N–H and O–H groups in total. The quantitative estimate of drug-likeness (QED) is 0.759. The van der Waals surface area contributed by atoms with E-state index in [1.54, 1.807) is 48.5 Å². The maximum atomic E-state index is 12.2. The molecular weight excluding hydrogens is 370 g/mol. The zero-order valence-corrected chi connectivity index (χ0v) is 15.7. The van der Waals surface area contributed by atoms with E-state index in [1.807, 2.05) is 0 Å². The van der Waals surface area contributed by atoms with E-state index >= 15 is 0 Å². The Balaban J connectivity index is 1.86. The molecule has 0 unspecified atom stereocenters. The summed E-state index contributed by atoms with van der Waals surface area (Å²) in [6, 6.07) is 13.4. The number of ether oxygens (including phenoxy) is 1. The molecule has 2 aromatic rings. The smallest absolute Gasteiger partial charge is 0.251 e. The van der Waals surface area contributed by atoms with Crippen molar-refractivity contribution in [3.63, 3.8) is 0 Å². The third-order valence-corrected chi connectivity index (χ3v) is 3.91. The third kappa shape index (κ3) is 6.00. The van der Waals surface area contributed by atoms with E-state index in [-0.39, 0.29) is 19.0 Å². The molecule has 0 fully saturated rings. The maximum absolute atomic E-state index is 12.2. The number of amides is 3. The number of nitrogens with zero attached hydrogens (tertiary/aromatic N) is 1. The highest BCUT2D eigenvalue weighted by atomic mass is 35.5. The summed E-state index contributed by atoms with van der Waals surface area (Å²) in [5.41, 5.74) is 0.868. The highest BCUT2D eigenvalue weighted by Crippen LogP contribution is 2.27. The molecule has 27 heavy (non-hydrogen) atoms. The number of hydrogen-bond donors (Lipinski definition) is 2. The van der Waals surface area contributed by atoms with Gasteiger partial charge in [0.05, 0.1) is 25.9 Å². The summed E-state index contributed by atoms with van der Waals surface area (Å²) < 4.78 is 5.16. The number of benzene rings is 2. The largest absolute Gasteiger partial charge is 0.495 e. The zero-order valence-electron chi connectivity index (χ0n) is 15.0. The molecule has 0 aliphatic rings. The van der Waals surface area contributed by atoms with Gasteiger partial charge in [-0.15, -0.1) is 0 Å². The van der Waals surface area contributed by atoms with Crippen molar-refractivity contribution < 1.29 is 19.1 Å². The van der Waals surface area contributed by atoms with Gasteiger partial charge in [-0.2, -0.15) is 0 Å². The Morgan fingerprint density at radius 1 is 1.11 bits per heavy atom. The van der Waals surface area contributed by atoms with Crippen LogP contribution in [-0.2, 0) is 9.59 Å². The van der Waals surface area contributed by atoms with Crippen LogP contribution in [0.3, 0.4) is 0 Å². The fourth-order valence-corrected chi connectivity index (χ4v) is 2.43. The molecule has 0 saturated carbocycles. The number of hydrogen-bond acceptors (Lipinski definition) is 4. The summed E-state index contributed by atoms with van der Waals surface area (Å²) in [4.78, 5) is 37.5. The van der Waals surface area contributed by atoms with Crippen LogP contribution in [0.5, 0.6) is 5.75 Å². The van der Waals surface area contributed by atoms with Gasteiger partial charge >= 0.3 is 0 Å². The predicted molar refractivity (Wildman–Crippen MR) is 103 cm³/mol. The molecule has 0 heterocycles. The highest BCUT2D eigenvalue weighted by molar-refractivity contribution is 6.31. The first-order valence-corrected chi connectivity index (χ1v) is 8.49. The van der Waals surface area contributed by atoms with Crippen molar-refractivity contribution in [2.75, 3.05) is 32.6 Å². The second-order valence-corrected chi connectivity index (χ2v) is 6.13. The van der Waals surface area contributed by atoms with Crippen LogP contribution in [0.25, 0.3) is 0 Å². The fourth-order valence-electron chi connectivity index (χ4n) is 2.25. The summed E-state index contributed by atoms with van der Waals surface area (Å²) in [5.74, 6) is -0.712. The monoisotopic (exact) mass is 389 g/mol. The van der Waals surface area contributed by atoms with Gasteiger partial charge in [-0.05, 0) is 30.3 Å². The van der Waals surface area contributed by atoms with E-state index in [9.17, 15) is 14.4 Å². The molecular formula is C19H20ClN3O4. The number of anilines is 1. The van der Waals surface area contributed by atoms with E-state index < -0.39 is 11.8 Å². The van der Waals surface area contributed by atoms with Crippen LogP contribution in [0.15, 0.2) is 48.5 Å². The summed E-state index contributed by atoms with van der Waals surface area (Å²) in [7, 11) is 2.95. The van der Waals surface area contributed by atoms with Crippen molar-refractivity contribution in [1.29, 1.82) is 0 Å². The summed E-state index contributed by atoms with van der Waals surface area (Å²) in [6.07, 6.45) is 0. The number of carbonyl (C=O) groups excluding carboxylic acids is 3. The lowest BCUT2D eigenvalue weighted by Gasteiger charge is -2.18. The normalized spacial score (nSPS) is 10.0. The average molecular weight is 390 g/mol. The molecule has 3 amide bonds. The molecule has 0 aliphatic carbocycles. The lowest BCUT2D eigenvalue weighted by atomic mass is 10.2. The first-order chi connectivity index (χ1) is 12.9. The molecule has 0 bridgehead atoms. The Bertz CT molecular complexity index is 827. The Kier molecular flexibility index (Phi) is 7.19. The summed E-state index contributed by atoms with van der Waals surface area (Å²) in [6.45, 7) is -0.395. The van der Waals surface area contributed by atoms with Gasteiger partial charge in [-0.3, -0.25) is 14.4 Å². The van der Waals surface area contributed by atoms with Gasteiger partial charge in [0.15, 0.2) is 0 Å². The van der Waals surface area contributed by atoms with Gasteiger partial charge < -0.3 is 20.3 Å². The Morgan fingerprint density at radius 3 is 2.48 bits per heavy atom. The van der Waals surface area contributed by atoms with Crippen LogP contribution < -0.4 is 15.4 Å². The fraction of sp³-hybridized carbons (Fsp3) is 0.211. The van der Waals surface area contributed by atoms with Crippen LogP contribution in [-0.4, -0.2) is 49.9 Å². The van der Waals surface area contributed by atoms with Crippen molar-refractivity contribution in [2.45, 2.75) is 0 Å². The van der Waals surface area contributed by atoms with Crippen LogP contribution in [0.2, 0.25) is 5.02 Å². The number of halogens is 1. The van der Waals surface area contributed by atoms with Gasteiger partial charge in [0, 0.05) is 17.6 Å². The summed E-state index contributed by atoms with van der Waals surface area (Å²) in [5, 5.41) is 5.62. The van der Waals surface area contributed by atoms with Crippen molar-refractivity contribution in [3.05, 3.63) is 59.1 Å². The SMILES string of the molecule is COc1ccc(Cl)cc1NC(=O)CN(C)C(=O)CNC(=O)c1ccccc1. The van der Waals surface area contributed by atoms with Gasteiger partial charge in [0.25, 0.3) is 5.91 Å². The molecule has 0 saturated heterocycles. The van der Waals surface area contributed by atoms with E-state index in [4.69, 9.17) is 16.3 Å². The van der Waals surface area contributed by atoms with Crippen molar-refractivity contribution in [2.24, 2.45) is 0 Å². The zero-order chi connectivity index (χ0) is 19.8. The standard InChI is InChI=1S/C19H20ClN3O4/c1-23(18(25)11-21-19(26)13-6-4-3-5-7-13)12-17(24)22-15-10-14(20)8-9-16(15)27-2/h3-10H,11-12H2,1-2H3,(H,21,26)(H,22,24). The first-order valence-electron chi connectivity index (χ1n) is 8.11. The Labute approximate surface area is 162 Å². The van der Waals surface area contributed by atoms with Gasteiger partial charge in [0.2, 0.25) is 11.8 Å². The second-order valence-electron chi connectivity index (χ2n) is 5.69. The molecule has 0 atom stereocenters. The number of nitrogens with one attached hydrogen (secondary N) is 2. The third-order valence-electron chi connectivity index (χ3n) is 3.68. The lowest BCUT2D eigenvalue weighted by molar-refractivity contribution is -0.132. The maximum Gasteiger partial charge on any atom is 0.251 e. The topological polar surface area (TPSA) is 87.7 Å². The molecule has 2 rings (SSSR count). The molecule has 2 aromatic carbocycles. The van der Waals surface area contributed by atoms with Crippen molar-refractivity contribution in [1.82, 2.24) is 10.2 Å². The minimum atomic E-state index is -0.416. The molecule has 0 aliphatic heterocycles. The number of likely N-dealkylation sites (N-methyl/N-ethyl adjacent to an activating group) is 1. The minimum absolute atomic E-state index is 0.185. The molecule has 0 radical (unpaired) electrons. The van der Waals surface area contributed by atoms with Crippen molar-refractivity contribution in [3.8, 4) is 5.75 Å². The van der Waals surface area contributed by atoms with E-state index in [1.165, 1.54) is 19.1 Å². The van der Waals surface area contributed by atoms with Crippen LogP contribution in [0, 0.1) is 0 Å². The lowest BCUT2D eigenvalue weighted by Crippen LogP contribution is -2.41. The van der Waals surface area contributed by atoms with Crippen molar-refractivity contribution >= 4 is 35.0 Å². The van der Waals surface area contributed by atoms with Crippen LogP contribution in [0.4, 0.5) is 5.69 Å². The molecule has 7 nitrogen and oxygen atoms in total. The van der Waals surface area contributed by atoms with Gasteiger partial charge in [-0.1, -0.05) is 29.8 Å². The number of rotatable bonds is 7. The van der Waals surface area contributed by atoms with Crippen LogP contribution >= 0.6 is 11.6 Å². The average Bonchev–Trinajstić information content (AvgIpc) is 2.66. The second kappa shape index (κ2) is 9.59. The molecule has 8 heteroatoms. The highest BCUT2D eigenvalue weighted by Gasteiger charge is 2.16. The predicted octanol–water partition coefficient (Wildman–Crippen LogP) is 2.18. The van der Waals surface area contributed by atoms with E-state index in [0.29, 0.717) is 22.0 Å². The van der Waals surface area contributed by atoms with E-state index in [2.05, 4.69) is 10.6 Å². The van der Waals surface area contributed by atoms with E-state index in [0.717, 1.165) is 0 Å². The number of carbonyl (C=O) groups is 3. The Hall–Kier alpha value is -3.06. The van der Waals surface area contributed by atoms with Crippen LogP contribution in [0.1, 0.15) is 10.4 Å².